The highest BCUT2D eigenvalue weighted by molar-refractivity contribution is 7.18. The normalized spacial score (nSPS) is 11.9. The van der Waals surface area contributed by atoms with E-state index in [-0.39, 0.29) is 0 Å². The van der Waals surface area contributed by atoms with Crippen LogP contribution >= 0.6 is 11.3 Å². The summed E-state index contributed by atoms with van der Waals surface area (Å²) in [6.07, 6.45) is 0. The average molecular weight is 603 g/mol. The van der Waals surface area contributed by atoms with Crippen molar-refractivity contribution in [3.05, 3.63) is 157 Å². The lowest BCUT2D eigenvalue weighted by Crippen LogP contribution is -1.91. The molecule has 2 heteroatoms. The topological polar surface area (TPSA) is 13.1 Å². The number of thiophene rings is 1. The molecule has 214 valence electrons. The van der Waals surface area contributed by atoms with Gasteiger partial charge in [-0.1, -0.05) is 133 Å². The Hall–Kier alpha value is -5.70. The van der Waals surface area contributed by atoms with Crippen LogP contribution in [0.25, 0.3) is 97.7 Å². The molecule has 0 saturated heterocycles. The molecule has 0 radical (unpaired) electrons. The van der Waals surface area contributed by atoms with Crippen LogP contribution in [-0.2, 0) is 0 Å². The maximum atomic E-state index is 6.76. The lowest BCUT2D eigenvalue weighted by atomic mass is 9.85. The zero-order valence-electron chi connectivity index (χ0n) is 24.8. The van der Waals surface area contributed by atoms with Gasteiger partial charge in [-0.15, -0.1) is 11.3 Å². The summed E-state index contributed by atoms with van der Waals surface area (Å²) in [5, 5.41) is 13.2. The van der Waals surface area contributed by atoms with Crippen LogP contribution in [0.15, 0.2) is 161 Å². The highest BCUT2D eigenvalue weighted by Crippen LogP contribution is 2.49. The smallest absolute Gasteiger partial charge is 0.143 e. The van der Waals surface area contributed by atoms with Crippen molar-refractivity contribution in [1.29, 1.82) is 0 Å². The van der Waals surface area contributed by atoms with E-state index in [1.807, 2.05) is 11.3 Å². The molecule has 46 heavy (non-hydrogen) atoms. The molecular formula is C44H26OS. The fraction of sp³-hybridized carbons (Fsp3) is 0. The number of rotatable bonds is 3. The van der Waals surface area contributed by atoms with Gasteiger partial charge < -0.3 is 4.42 Å². The molecule has 2 heterocycles. The molecule has 0 N–H and O–H groups in total. The predicted molar refractivity (Wildman–Crippen MR) is 198 cm³/mol. The zero-order chi connectivity index (χ0) is 30.2. The fourth-order valence-electron chi connectivity index (χ4n) is 7.52. The van der Waals surface area contributed by atoms with Gasteiger partial charge >= 0.3 is 0 Å². The third kappa shape index (κ3) is 3.68. The Morgan fingerprint density at radius 2 is 0.978 bits per heavy atom. The quantitative estimate of drug-likeness (QED) is 0.183. The molecule has 0 fully saturated rings. The van der Waals surface area contributed by atoms with Crippen LogP contribution in [0.1, 0.15) is 0 Å². The SMILES string of the molecule is c1ccc(-c2ccc(-c3c4ccccc4c(-c4cccc5c4oc4cc6ccccc6cc45)c4ccccc34)c3sccc23)cc1. The Labute approximate surface area is 269 Å². The molecule has 1 nitrogen and oxygen atoms in total. The maximum Gasteiger partial charge on any atom is 0.143 e. The van der Waals surface area contributed by atoms with Gasteiger partial charge in [-0.05, 0) is 72.6 Å². The Balaban J connectivity index is 1.30. The summed E-state index contributed by atoms with van der Waals surface area (Å²) in [5.41, 5.74) is 9.27. The first kappa shape index (κ1) is 25.6. The van der Waals surface area contributed by atoms with Crippen molar-refractivity contribution in [3.8, 4) is 33.4 Å². The standard InChI is InChI=1S/C44H26OS/c1-2-11-27(12-3-1)30-21-22-38(44-36(30)23-24-46-44)42-33-17-8-6-15-31(33)41(32-16-7-9-18-34(32)42)37-20-10-19-35-39-25-28-13-4-5-14-29(28)26-40(39)45-43(35)37/h1-26H. The van der Waals surface area contributed by atoms with Gasteiger partial charge in [-0.2, -0.15) is 0 Å². The summed E-state index contributed by atoms with van der Waals surface area (Å²) >= 11 is 1.83. The van der Waals surface area contributed by atoms with Crippen molar-refractivity contribution < 1.29 is 4.42 Å². The molecule has 0 aliphatic heterocycles. The van der Waals surface area contributed by atoms with Crippen LogP contribution in [0, 0.1) is 0 Å². The molecule has 0 saturated carbocycles. The Bertz CT molecular complexity index is 2740. The van der Waals surface area contributed by atoms with Gasteiger partial charge in [0.15, 0.2) is 0 Å². The molecule has 10 rings (SSSR count). The van der Waals surface area contributed by atoms with Crippen LogP contribution in [0.2, 0.25) is 0 Å². The van der Waals surface area contributed by atoms with Gasteiger partial charge in [-0.3, -0.25) is 0 Å². The summed E-state index contributed by atoms with van der Waals surface area (Å²) in [4.78, 5) is 0. The Kier molecular flexibility index (Phi) is 5.51. The second kappa shape index (κ2) is 9.90. The average Bonchev–Trinajstić information content (AvgIpc) is 3.75. The van der Waals surface area contributed by atoms with Crippen molar-refractivity contribution >= 4 is 75.7 Å². The summed E-state index contributed by atoms with van der Waals surface area (Å²) in [6.45, 7) is 0. The first-order valence-corrected chi connectivity index (χ1v) is 16.6. The molecule has 2 aromatic heterocycles. The summed E-state index contributed by atoms with van der Waals surface area (Å²) < 4.78 is 8.08. The van der Waals surface area contributed by atoms with Crippen molar-refractivity contribution in [2.45, 2.75) is 0 Å². The fourth-order valence-corrected chi connectivity index (χ4v) is 8.46. The van der Waals surface area contributed by atoms with Gasteiger partial charge in [-0.25, -0.2) is 0 Å². The third-order valence-corrected chi connectivity index (χ3v) is 10.5. The largest absolute Gasteiger partial charge is 0.455 e. The number of hydrogen-bond donors (Lipinski definition) is 0. The van der Waals surface area contributed by atoms with Crippen LogP contribution < -0.4 is 0 Å². The molecule has 10 aromatic rings. The van der Waals surface area contributed by atoms with E-state index in [1.54, 1.807) is 0 Å². The minimum absolute atomic E-state index is 0.921. The van der Waals surface area contributed by atoms with Crippen LogP contribution in [0.4, 0.5) is 0 Å². The van der Waals surface area contributed by atoms with Crippen LogP contribution in [-0.4, -0.2) is 0 Å². The van der Waals surface area contributed by atoms with E-state index in [0.717, 1.165) is 27.5 Å². The zero-order valence-corrected chi connectivity index (χ0v) is 25.6. The Morgan fingerprint density at radius 3 is 1.70 bits per heavy atom. The molecule has 8 aromatic carbocycles. The first-order chi connectivity index (χ1) is 22.8. The van der Waals surface area contributed by atoms with E-state index in [4.69, 9.17) is 4.42 Å². The van der Waals surface area contributed by atoms with E-state index in [1.165, 1.54) is 70.2 Å². The summed E-state index contributed by atoms with van der Waals surface area (Å²) in [5.74, 6) is 0. The second-order valence-electron chi connectivity index (χ2n) is 12.0. The summed E-state index contributed by atoms with van der Waals surface area (Å²) in [7, 11) is 0. The van der Waals surface area contributed by atoms with Crippen molar-refractivity contribution in [2.24, 2.45) is 0 Å². The number of fused-ring (bicyclic) bond motifs is 7. The van der Waals surface area contributed by atoms with Gasteiger partial charge in [0.05, 0.1) is 0 Å². The molecule has 0 unspecified atom stereocenters. The maximum absolute atomic E-state index is 6.76. The number of hydrogen-bond acceptors (Lipinski definition) is 2. The van der Waals surface area contributed by atoms with E-state index in [2.05, 4.69) is 157 Å². The van der Waals surface area contributed by atoms with E-state index in [9.17, 15) is 0 Å². The van der Waals surface area contributed by atoms with Crippen molar-refractivity contribution in [1.82, 2.24) is 0 Å². The lowest BCUT2D eigenvalue weighted by molar-refractivity contribution is 0.670. The third-order valence-electron chi connectivity index (χ3n) is 9.54. The second-order valence-corrected chi connectivity index (χ2v) is 12.9. The molecule has 0 aliphatic carbocycles. The number of para-hydroxylation sites is 1. The van der Waals surface area contributed by atoms with Gasteiger partial charge in [0.2, 0.25) is 0 Å². The predicted octanol–water partition coefficient (Wildman–Crippen LogP) is 13.3. The highest BCUT2D eigenvalue weighted by atomic mass is 32.1. The first-order valence-electron chi connectivity index (χ1n) is 15.7. The van der Waals surface area contributed by atoms with Gasteiger partial charge in [0, 0.05) is 37.5 Å². The lowest BCUT2D eigenvalue weighted by Gasteiger charge is -2.19. The molecule has 0 atom stereocenters. The van der Waals surface area contributed by atoms with Gasteiger partial charge in [0.1, 0.15) is 11.2 Å². The molecule has 0 spiro atoms. The number of benzene rings is 8. The molecular weight excluding hydrogens is 577 g/mol. The van der Waals surface area contributed by atoms with Crippen molar-refractivity contribution in [3.63, 3.8) is 0 Å². The number of furan rings is 1. The Morgan fingerprint density at radius 1 is 0.391 bits per heavy atom. The minimum Gasteiger partial charge on any atom is -0.455 e. The highest BCUT2D eigenvalue weighted by Gasteiger charge is 2.22. The van der Waals surface area contributed by atoms with E-state index < -0.39 is 0 Å². The molecule has 0 bridgehead atoms. The summed E-state index contributed by atoms with van der Waals surface area (Å²) in [6, 6.07) is 55.0. The molecule has 0 amide bonds. The van der Waals surface area contributed by atoms with E-state index in [0.29, 0.717) is 0 Å². The molecule has 0 aliphatic rings. The monoisotopic (exact) mass is 602 g/mol. The van der Waals surface area contributed by atoms with Gasteiger partial charge in [0.25, 0.3) is 0 Å². The van der Waals surface area contributed by atoms with Crippen LogP contribution in [0.3, 0.4) is 0 Å². The van der Waals surface area contributed by atoms with E-state index >= 15 is 0 Å². The van der Waals surface area contributed by atoms with Crippen LogP contribution in [0.5, 0.6) is 0 Å². The minimum atomic E-state index is 0.921. The van der Waals surface area contributed by atoms with Crippen molar-refractivity contribution in [2.75, 3.05) is 0 Å².